The van der Waals surface area contributed by atoms with E-state index < -0.39 is 24.3 Å². The van der Waals surface area contributed by atoms with E-state index in [9.17, 15) is 20.4 Å². The van der Waals surface area contributed by atoms with Crippen LogP contribution < -0.4 is 11.1 Å². The number of benzene rings is 2. The fourth-order valence-electron chi connectivity index (χ4n) is 4.61. The van der Waals surface area contributed by atoms with Crippen LogP contribution in [0.3, 0.4) is 0 Å². The molecule has 0 unspecified atom stereocenters. The Hall–Kier alpha value is -3.44. The fourth-order valence-corrected chi connectivity index (χ4v) is 4.78. The molecule has 0 bridgehead atoms. The van der Waals surface area contributed by atoms with E-state index in [4.69, 9.17) is 17.3 Å². The Morgan fingerprint density at radius 2 is 1.57 bits per heavy atom. The van der Waals surface area contributed by atoms with E-state index >= 15 is 0 Å². The Labute approximate surface area is 205 Å². The second-order valence-corrected chi connectivity index (χ2v) is 9.07. The Kier molecular flexibility index (Phi) is 6.20. The minimum atomic E-state index is -1.05. The number of aromatic hydroxyl groups is 2. The first-order chi connectivity index (χ1) is 16.8. The summed E-state index contributed by atoms with van der Waals surface area (Å²) in [5, 5.41) is 43.3. The highest BCUT2D eigenvalue weighted by Crippen LogP contribution is 2.34. The van der Waals surface area contributed by atoms with Crippen LogP contribution in [0.5, 0.6) is 11.5 Å². The first kappa shape index (κ1) is 23.3. The Morgan fingerprint density at radius 1 is 0.971 bits per heavy atom. The Morgan fingerprint density at radius 3 is 2.11 bits per heavy atom. The summed E-state index contributed by atoms with van der Waals surface area (Å²) in [6, 6.07) is 12.8. The molecule has 0 radical (unpaired) electrons. The van der Waals surface area contributed by atoms with Gasteiger partial charge in [-0.15, -0.1) is 0 Å². The number of aromatic nitrogens is 4. The maximum Gasteiger partial charge on any atom is 0.226 e. The highest BCUT2D eigenvalue weighted by Gasteiger charge is 2.41. The topological polar surface area (TPSA) is 163 Å². The molecule has 35 heavy (non-hydrogen) atoms. The molecule has 2 heterocycles. The summed E-state index contributed by atoms with van der Waals surface area (Å²) in [6.07, 6.45) is -0.191. The molecule has 1 saturated carbocycles. The van der Waals surface area contributed by atoms with E-state index in [0.717, 1.165) is 11.1 Å². The number of halogens is 1. The molecule has 1 fully saturated rings. The van der Waals surface area contributed by atoms with Crippen LogP contribution in [-0.2, 0) is 0 Å². The molecular formula is C24H25ClN6O4. The van der Waals surface area contributed by atoms with Crippen LogP contribution in [0.2, 0.25) is 5.28 Å². The lowest BCUT2D eigenvalue weighted by atomic mass is 9.91. The second-order valence-electron chi connectivity index (χ2n) is 8.73. The molecule has 0 saturated heterocycles. The molecule has 7 N–H and O–H groups in total. The number of imidazole rings is 1. The van der Waals surface area contributed by atoms with Gasteiger partial charge in [-0.1, -0.05) is 24.3 Å². The summed E-state index contributed by atoms with van der Waals surface area (Å²) < 4.78 is 1.67. The zero-order valence-corrected chi connectivity index (χ0v) is 19.3. The Bertz CT molecular complexity index is 1290. The van der Waals surface area contributed by atoms with Gasteiger partial charge in [0.15, 0.2) is 17.0 Å². The van der Waals surface area contributed by atoms with Crippen molar-refractivity contribution >= 4 is 28.6 Å². The van der Waals surface area contributed by atoms with Crippen molar-refractivity contribution in [3.8, 4) is 11.5 Å². The summed E-state index contributed by atoms with van der Waals surface area (Å²) in [7, 11) is 0. The third kappa shape index (κ3) is 4.48. The van der Waals surface area contributed by atoms with Crippen molar-refractivity contribution in [2.75, 3.05) is 11.9 Å². The van der Waals surface area contributed by atoms with Crippen molar-refractivity contribution in [3.63, 3.8) is 0 Å². The molecular weight excluding hydrogens is 472 g/mol. The standard InChI is InChI=1S/C24H25ClN6O4/c25-24-29-22(19-23(30-24)31(11-28-19)18-9-17(26)20(34)21(18)35)27-10-16(12-1-5-14(32)6-2-12)13-3-7-15(33)8-4-13/h1-8,11,16-18,20-21,32-35H,9-10,26H2,(H,27,29,30)/t17-,18-,20-,21-/m1/s1. The third-order valence-electron chi connectivity index (χ3n) is 6.51. The average Bonchev–Trinajstić information content (AvgIpc) is 3.37. The monoisotopic (exact) mass is 496 g/mol. The van der Waals surface area contributed by atoms with E-state index in [0.29, 0.717) is 29.9 Å². The number of fused-ring (bicyclic) bond motifs is 1. The van der Waals surface area contributed by atoms with Crippen LogP contribution in [0.15, 0.2) is 54.9 Å². The molecule has 1 aliphatic rings. The van der Waals surface area contributed by atoms with Gasteiger partial charge in [0, 0.05) is 18.5 Å². The smallest absolute Gasteiger partial charge is 0.226 e. The van der Waals surface area contributed by atoms with Gasteiger partial charge in [-0.2, -0.15) is 9.97 Å². The SMILES string of the molecule is N[C@@H]1C[C@@H](n2cnc3c(NCC(c4ccc(O)cc4)c4ccc(O)cc4)nc(Cl)nc32)[C@@H](O)[C@@H]1O. The zero-order valence-electron chi connectivity index (χ0n) is 18.5. The average molecular weight is 497 g/mol. The fraction of sp³-hybridized carbons (Fsp3) is 0.292. The normalized spacial score (nSPS) is 22.2. The lowest BCUT2D eigenvalue weighted by Gasteiger charge is -2.20. The molecule has 4 atom stereocenters. The number of phenols is 2. The van der Waals surface area contributed by atoms with Gasteiger partial charge in [-0.25, -0.2) is 4.98 Å². The van der Waals surface area contributed by atoms with Crippen LogP contribution >= 0.6 is 11.6 Å². The third-order valence-corrected chi connectivity index (χ3v) is 6.68. The highest BCUT2D eigenvalue weighted by atomic mass is 35.5. The summed E-state index contributed by atoms with van der Waals surface area (Å²) in [6.45, 7) is 0.403. The molecule has 1 aliphatic carbocycles. The summed E-state index contributed by atoms with van der Waals surface area (Å²) in [5.74, 6) is 0.602. The minimum absolute atomic E-state index is 0.00454. The van der Waals surface area contributed by atoms with Crippen LogP contribution in [0.25, 0.3) is 11.2 Å². The van der Waals surface area contributed by atoms with Crippen LogP contribution in [0.1, 0.15) is 29.5 Å². The number of nitrogens with zero attached hydrogens (tertiary/aromatic N) is 4. The number of aliphatic hydroxyl groups excluding tert-OH is 2. The van der Waals surface area contributed by atoms with Crippen molar-refractivity contribution in [1.82, 2.24) is 19.5 Å². The highest BCUT2D eigenvalue weighted by molar-refractivity contribution is 6.28. The number of hydrogen-bond donors (Lipinski definition) is 6. The number of phenolic OH excluding ortho intramolecular Hbond substituents is 2. The van der Waals surface area contributed by atoms with Crippen molar-refractivity contribution in [3.05, 3.63) is 71.3 Å². The largest absolute Gasteiger partial charge is 0.508 e. The van der Waals surface area contributed by atoms with Crippen molar-refractivity contribution in [2.45, 2.75) is 36.6 Å². The number of hydrogen-bond acceptors (Lipinski definition) is 9. The lowest BCUT2D eigenvalue weighted by molar-refractivity contribution is 0.0187. The maximum absolute atomic E-state index is 10.5. The molecule has 5 rings (SSSR count). The van der Waals surface area contributed by atoms with Gasteiger partial charge in [0.05, 0.1) is 18.5 Å². The molecule has 0 spiro atoms. The minimum Gasteiger partial charge on any atom is -0.508 e. The van der Waals surface area contributed by atoms with Crippen LogP contribution in [0.4, 0.5) is 5.82 Å². The molecule has 2 aromatic heterocycles. The molecule has 2 aromatic carbocycles. The van der Waals surface area contributed by atoms with E-state index in [1.165, 1.54) is 6.33 Å². The molecule has 0 amide bonds. The van der Waals surface area contributed by atoms with Gasteiger partial charge in [-0.05, 0) is 53.4 Å². The predicted molar refractivity (Wildman–Crippen MR) is 131 cm³/mol. The number of aliphatic hydroxyl groups is 2. The van der Waals surface area contributed by atoms with Gasteiger partial charge in [0.25, 0.3) is 0 Å². The van der Waals surface area contributed by atoms with E-state index in [1.54, 1.807) is 28.8 Å². The van der Waals surface area contributed by atoms with E-state index in [1.807, 2.05) is 24.3 Å². The summed E-state index contributed by atoms with van der Waals surface area (Å²) >= 11 is 6.24. The van der Waals surface area contributed by atoms with Gasteiger partial charge in [0.2, 0.25) is 5.28 Å². The van der Waals surface area contributed by atoms with Gasteiger partial charge < -0.3 is 36.0 Å². The number of rotatable bonds is 6. The molecule has 10 nitrogen and oxygen atoms in total. The maximum atomic E-state index is 10.5. The first-order valence-electron chi connectivity index (χ1n) is 11.2. The zero-order chi connectivity index (χ0) is 24.7. The van der Waals surface area contributed by atoms with Gasteiger partial charge in [0.1, 0.15) is 17.6 Å². The second kappa shape index (κ2) is 9.31. The molecule has 11 heteroatoms. The van der Waals surface area contributed by atoms with Gasteiger partial charge in [-0.3, -0.25) is 0 Å². The van der Waals surface area contributed by atoms with Gasteiger partial charge >= 0.3 is 0 Å². The predicted octanol–water partition coefficient (Wildman–Crippen LogP) is 2.13. The number of nitrogens with one attached hydrogen (secondary N) is 1. The number of anilines is 1. The van der Waals surface area contributed by atoms with E-state index in [2.05, 4.69) is 20.3 Å². The van der Waals surface area contributed by atoms with Crippen molar-refractivity contribution in [1.29, 1.82) is 0 Å². The first-order valence-corrected chi connectivity index (χ1v) is 11.5. The van der Waals surface area contributed by atoms with Crippen molar-refractivity contribution < 1.29 is 20.4 Å². The van der Waals surface area contributed by atoms with E-state index in [-0.39, 0.29) is 22.7 Å². The summed E-state index contributed by atoms with van der Waals surface area (Å²) in [4.78, 5) is 13.1. The quantitative estimate of drug-likeness (QED) is 0.219. The van der Waals surface area contributed by atoms with Crippen LogP contribution in [0, 0.1) is 0 Å². The Balaban J connectivity index is 1.47. The van der Waals surface area contributed by atoms with Crippen LogP contribution in [-0.4, -0.2) is 64.7 Å². The van der Waals surface area contributed by atoms with Crippen molar-refractivity contribution in [2.24, 2.45) is 5.73 Å². The molecule has 182 valence electrons. The molecule has 0 aliphatic heterocycles. The molecule has 4 aromatic rings. The summed E-state index contributed by atoms with van der Waals surface area (Å²) in [5.41, 5.74) is 8.71. The lowest BCUT2D eigenvalue weighted by Crippen LogP contribution is -2.35. The number of nitrogens with two attached hydrogens (primary N) is 1.